The molecule has 1 saturated heterocycles. The highest BCUT2D eigenvalue weighted by Crippen LogP contribution is 2.40. The fraction of sp³-hybridized carbons (Fsp3) is 0.800. The summed E-state index contributed by atoms with van der Waals surface area (Å²) in [6.45, 7) is 4.50. The van der Waals surface area contributed by atoms with Gasteiger partial charge in [0.05, 0.1) is 12.2 Å². The number of hydrogen-bond donors (Lipinski definition) is 1. The summed E-state index contributed by atoms with van der Waals surface area (Å²) in [6.07, 6.45) is 1.11. The van der Waals surface area contributed by atoms with Crippen molar-refractivity contribution < 1.29 is 9.84 Å². The summed E-state index contributed by atoms with van der Waals surface area (Å²) in [5, 5.41) is 18.5. The van der Waals surface area contributed by atoms with Crippen LogP contribution in [0, 0.1) is 0 Å². The van der Waals surface area contributed by atoms with Crippen LogP contribution >= 0.6 is 15.9 Å². The van der Waals surface area contributed by atoms with Gasteiger partial charge in [-0.2, -0.15) is 0 Å². The van der Waals surface area contributed by atoms with Crippen molar-refractivity contribution in [2.45, 2.75) is 37.9 Å². The molecule has 1 N–H and O–H groups in total. The molecule has 16 heavy (non-hydrogen) atoms. The molecule has 2 heterocycles. The molecular weight excluding hydrogens is 274 g/mol. The molecule has 0 aromatic carbocycles. The topological polar surface area (TPSA) is 60.2 Å². The zero-order chi connectivity index (χ0) is 12.0. The van der Waals surface area contributed by atoms with Crippen molar-refractivity contribution in [1.82, 2.24) is 15.0 Å². The molecule has 6 heteroatoms. The van der Waals surface area contributed by atoms with E-state index < -0.39 is 5.60 Å². The maximum absolute atomic E-state index is 10.7. The lowest BCUT2D eigenvalue weighted by Gasteiger charge is -2.41. The summed E-state index contributed by atoms with van der Waals surface area (Å²) >= 11 is 3.33. The van der Waals surface area contributed by atoms with Crippen molar-refractivity contribution in [3.05, 3.63) is 10.3 Å². The Bertz CT molecular complexity index is 385. The van der Waals surface area contributed by atoms with Crippen LogP contribution in [-0.2, 0) is 17.4 Å². The van der Waals surface area contributed by atoms with Gasteiger partial charge >= 0.3 is 0 Å². The number of ether oxygens (including phenoxy) is 1. The monoisotopic (exact) mass is 289 g/mol. The van der Waals surface area contributed by atoms with E-state index in [-0.39, 0.29) is 5.60 Å². The fourth-order valence-electron chi connectivity index (χ4n) is 2.37. The zero-order valence-electron chi connectivity index (χ0n) is 9.70. The van der Waals surface area contributed by atoms with Crippen LogP contribution < -0.4 is 0 Å². The Morgan fingerprint density at radius 3 is 2.69 bits per heavy atom. The van der Waals surface area contributed by atoms with Crippen LogP contribution in [0.3, 0.4) is 0 Å². The van der Waals surface area contributed by atoms with Crippen molar-refractivity contribution in [1.29, 1.82) is 0 Å². The van der Waals surface area contributed by atoms with Gasteiger partial charge in [0.2, 0.25) is 0 Å². The third-order valence-corrected chi connectivity index (χ3v) is 3.49. The van der Waals surface area contributed by atoms with Crippen molar-refractivity contribution >= 4 is 15.9 Å². The van der Waals surface area contributed by atoms with Gasteiger partial charge in [0.15, 0.2) is 4.60 Å². The van der Waals surface area contributed by atoms with Gasteiger partial charge < -0.3 is 9.84 Å². The maximum Gasteiger partial charge on any atom is 0.154 e. The number of aryl methyl sites for hydroxylation is 1. The van der Waals surface area contributed by atoms with Crippen LogP contribution in [0.4, 0.5) is 0 Å². The van der Waals surface area contributed by atoms with Gasteiger partial charge in [-0.05, 0) is 29.8 Å². The molecule has 1 atom stereocenters. The molecule has 0 radical (unpaired) electrons. The Balaban J connectivity index is 2.39. The van der Waals surface area contributed by atoms with Crippen molar-refractivity contribution in [2.24, 2.45) is 7.05 Å². The SMILES string of the molecule is Cn1nnc(Br)c1C1(O)CCOC(C)(C)C1. The minimum Gasteiger partial charge on any atom is -0.383 e. The van der Waals surface area contributed by atoms with Crippen LogP contribution in [0.25, 0.3) is 0 Å². The molecule has 0 aliphatic carbocycles. The maximum atomic E-state index is 10.7. The minimum atomic E-state index is -0.918. The zero-order valence-corrected chi connectivity index (χ0v) is 11.3. The highest BCUT2D eigenvalue weighted by molar-refractivity contribution is 9.10. The minimum absolute atomic E-state index is 0.323. The summed E-state index contributed by atoms with van der Waals surface area (Å²) in [4.78, 5) is 0. The molecule has 0 spiro atoms. The quantitative estimate of drug-likeness (QED) is 0.848. The number of aliphatic hydroxyl groups is 1. The van der Waals surface area contributed by atoms with Crippen LogP contribution in [0.1, 0.15) is 32.4 Å². The lowest BCUT2D eigenvalue weighted by atomic mass is 9.82. The third kappa shape index (κ3) is 2.01. The predicted molar refractivity (Wildman–Crippen MR) is 61.9 cm³/mol. The molecule has 1 aromatic rings. The van der Waals surface area contributed by atoms with Crippen molar-refractivity contribution in [2.75, 3.05) is 6.61 Å². The first-order valence-electron chi connectivity index (χ1n) is 5.26. The van der Waals surface area contributed by atoms with E-state index in [4.69, 9.17) is 4.74 Å². The average molecular weight is 290 g/mol. The van der Waals surface area contributed by atoms with Crippen LogP contribution in [0.2, 0.25) is 0 Å². The molecule has 2 rings (SSSR count). The van der Waals surface area contributed by atoms with Crippen LogP contribution in [0.15, 0.2) is 4.60 Å². The Morgan fingerprint density at radius 2 is 2.19 bits per heavy atom. The van der Waals surface area contributed by atoms with Gasteiger partial charge in [0.25, 0.3) is 0 Å². The lowest BCUT2D eigenvalue weighted by Crippen LogP contribution is -2.45. The van der Waals surface area contributed by atoms with Crippen molar-refractivity contribution in [3.63, 3.8) is 0 Å². The van der Waals surface area contributed by atoms with E-state index in [1.807, 2.05) is 13.8 Å². The summed E-state index contributed by atoms with van der Waals surface area (Å²) in [6, 6.07) is 0. The van der Waals surface area contributed by atoms with E-state index in [2.05, 4.69) is 26.2 Å². The van der Waals surface area contributed by atoms with E-state index in [1.165, 1.54) is 0 Å². The molecule has 1 fully saturated rings. The van der Waals surface area contributed by atoms with Crippen LogP contribution in [0.5, 0.6) is 0 Å². The highest BCUT2D eigenvalue weighted by atomic mass is 79.9. The first kappa shape index (κ1) is 12.0. The number of aromatic nitrogens is 3. The number of hydrogen-bond acceptors (Lipinski definition) is 4. The molecule has 90 valence electrons. The average Bonchev–Trinajstić information content (AvgIpc) is 2.44. The van der Waals surface area contributed by atoms with Gasteiger partial charge in [0, 0.05) is 19.9 Å². The summed E-state index contributed by atoms with van der Waals surface area (Å²) in [5.74, 6) is 0. The Kier molecular flexibility index (Phi) is 2.84. The molecule has 0 amide bonds. The first-order valence-corrected chi connectivity index (χ1v) is 6.05. The molecule has 5 nitrogen and oxygen atoms in total. The smallest absolute Gasteiger partial charge is 0.154 e. The summed E-state index contributed by atoms with van der Waals surface area (Å²) < 4.78 is 7.84. The van der Waals surface area contributed by atoms with E-state index >= 15 is 0 Å². The second kappa shape index (κ2) is 3.78. The normalized spacial score (nSPS) is 29.3. The molecular formula is C10H16BrN3O2. The lowest BCUT2D eigenvalue weighted by molar-refractivity contribution is -0.151. The standard InChI is InChI=1S/C10H16BrN3O2/c1-9(2)6-10(15,4-5-16-9)7-8(11)12-13-14(7)3/h15H,4-6H2,1-3H3. The molecule has 1 aliphatic rings. The van der Waals surface area contributed by atoms with Gasteiger partial charge in [-0.25, -0.2) is 4.68 Å². The Hall–Kier alpha value is -0.460. The molecule has 1 unspecified atom stereocenters. The van der Waals surface area contributed by atoms with Crippen molar-refractivity contribution in [3.8, 4) is 0 Å². The van der Waals surface area contributed by atoms with Gasteiger partial charge in [-0.1, -0.05) is 5.21 Å². The van der Waals surface area contributed by atoms with E-state index in [0.717, 1.165) is 5.69 Å². The molecule has 0 saturated carbocycles. The van der Waals surface area contributed by atoms with Gasteiger partial charge in [-0.15, -0.1) is 5.10 Å². The van der Waals surface area contributed by atoms with Gasteiger partial charge in [-0.3, -0.25) is 0 Å². The summed E-state index contributed by atoms with van der Waals surface area (Å²) in [7, 11) is 1.79. The predicted octanol–water partition coefficient (Wildman–Crippen LogP) is 1.35. The van der Waals surface area contributed by atoms with E-state index in [9.17, 15) is 5.11 Å². The van der Waals surface area contributed by atoms with Crippen LogP contribution in [-0.4, -0.2) is 32.3 Å². The van der Waals surface area contributed by atoms with Gasteiger partial charge in [0.1, 0.15) is 11.3 Å². The first-order chi connectivity index (χ1) is 7.34. The number of rotatable bonds is 1. The second-order valence-corrected chi connectivity index (χ2v) is 5.67. The van der Waals surface area contributed by atoms with E-state index in [0.29, 0.717) is 24.1 Å². The molecule has 1 aromatic heterocycles. The number of halogens is 1. The Labute approximate surface area is 103 Å². The molecule has 0 bridgehead atoms. The third-order valence-electron chi connectivity index (χ3n) is 2.95. The highest BCUT2D eigenvalue weighted by Gasteiger charge is 2.44. The summed E-state index contributed by atoms with van der Waals surface area (Å²) in [5.41, 5.74) is -0.515. The second-order valence-electron chi connectivity index (χ2n) is 4.92. The molecule has 1 aliphatic heterocycles. The number of nitrogens with zero attached hydrogens (tertiary/aromatic N) is 3. The van der Waals surface area contributed by atoms with E-state index in [1.54, 1.807) is 11.7 Å². The Morgan fingerprint density at radius 1 is 1.50 bits per heavy atom. The fourth-order valence-corrected chi connectivity index (χ4v) is 3.06. The largest absolute Gasteiger partial charge is 0.383 e.